The van der Waals surface area contributed by atoms with E-state index in [-0.39, 0.29) is 0 Å². The third-order valence-electron chi connectivity index (χ3n) is 3.82. The topological polar surface area (TPSA) is 66.1 Å². The second-order valence-electron chi connectivity index (χ2n) is 5.56. The van der Waals surface area contributed by atoms with Crippen LogP contribution in [0.15, 0.2) is 23.2 Å². The van der Waals surface area contributed by atoms with Gasteiger partial charge in [0.1, 0.15) is 11.6 Å². The molecule has 5 heteroatoms. The molecule has 1 aromatic carbocycles. The average Bonchev–Trinajstić information content (AvgIpc) is 2.80. The monoisotopic (exact) mass is 320 g/mol. The molecule has 0 aromatic heterocycles. The lowest BCUT2D eigenvalue weighted by atomic mass is 10.1. The van der Waals surface area contributed by atoms with Gasteiger partial charge in [0.25, 0.3) is 0 Å². The molecule has 1 aliphatic heterocycles. The van der Waals surface area contributed by atoms with Crippen molar-refractivity contribution in [2.45, 2.75) is 52.4 Å². The summed E-state index contributed by atoms with van der Waals surface area (Å²) in [6.07, 6.45) is 4.72. The van der Waals surface area contributed by atoms with E-state index in [0.29, 0.717) is 25.7 Å². The van der Waals surface area contributed by atoms with E-state index in [1.54, 1.807) is 0 Å². The van der Waals surface area contributed by atoms with E-state index in [2.05, 4.69) is 11.9 Å². The third-order valence-corrected chi connectivity index (χ3v) is 3.82. The van der Waals surface area contributed by atoms with E-state index in [4.69, 9.17) is 19.9 Å². The lowest BCUT2D eigenvalue weighted by Crippen LogP contribution is -2.29. The van der Waals surface area contributed by atoms with Crippen LogP contribution in [0.4, 0.5) is 0 Å². The number of hydrogen-bond donors (Lipinski definition) is 1. The molecule has 1 aromatic rings. The van der Waals surface area contributed by atoms with Crippen LogP contribution in [0, 0.1) is 0 Å². The Kier molecular flexibility index (Phi) is 6.42. The molecule has 0 amide bonds. The standard InChI is InChI=1S/C18H28N2O3/c1-4-7-8-9-12-21-14-10-11-15-16(13-14)18(22-5-2,23-6-3)20-17(15)19/h10-11,13H,4-9,12H2,1-3H3,(H2,19,20). The molecule has 0 fully saturated rings. The Morgan fingerprint density at radius 2 is 1.78 bits per heavy atom. The number of nitrogens with zero attached hydrogens (tertiary/aromatic N) is 1. The van der Waals surface area contributed by atoms with E-state index in [0.717, 1.165) is 23.3 Å². The summed E-state index contributed by atoms with van der Waals surface area (Å²) in [5.41, 5.74) is 7.71. The molecular formula is C18H28N2O3. The van der Waals surface area contributed by atoms with Gasteiger partial charge in [0.2, 0.25) is 0 Å². The summed E-state index contributed by atoms with van der Waals surface area (Å²) in [6, 6.07) is 5.79. The predicted molar refractivity (Wildman–Crippen MR) is 91.7 cm³/mol. The number of aliphatic imine (C=N–C) groups is 1. The molecule has 1 heterocycles. The number of hydrogen-bond acceptors (Lipinski definition) is 5. The molecule has 0 saturated carbocycles. The molecule has 0 saturated heterocycles. The highest BCUT2D eigenvalue weighted by Crippen LogP contribution is 2.38. The highest BCUT2D eigenvalue weighted by molar-refractivity contribution is 6.01. The maximum atomic E-state index is 6.04. The minimum absolute atomic E-state index is 0.441. The van der Waals surface area contributed by atoms with Crippen molar-refractivity contribution in [3.8, 4) is 5.75 Å². The van der Waals surface area contributed by atoms with Gasteiger partial charge in [-0.1, -0.05) is 26.2 Å². The summed E-state index contributed by atoms with van der Waals surface area (Å²) in [5, 5.41) is 0. The highest BCUT2D eigenvalue weighted by Gasteiger charge is 2.42. The van der Waals surface area contributed by atoms with Crippen molar-refractivity contribution in [3.05, 3.63) is 29.3 Å². The van der Waals surface area contributed by atoms with Gasteiger partial charge in [0.15, 0.2) is 0 Å². The summed E-state index contributed by atoms with van der Waals surface area (Å²) in [6.45, 7) is 7.71. The van der Waals surface area contributed by atoms with Crippen LogP contribution in [0.1, 0.15) is 57.6 Å². The number of rotatable bonds is 10. The van der Waals surface area contributed by atoms with E-state index < -0.39 is 5.91 Å². The van der Waals surface area contributed by atoms with Crippen molar-refractivity contribution in [2.24, 2.45) is 10.7 Å². The molecule has 0 spiro atoms. The smallest absolute Gasteiger partial charge is 0.300 e. The SMILES string of the molecule is CCCCCCOc1ccc2c(c1)C(OCC)(OCC)N=C2N. The highest BCUT2D eigenvalue weighted by atomic mass is 16.7. The molecule has 23 heavy (non-hydrogen) atoms. The van der Waals surface area contributed by atoms with Gasteiger partial charge in [-0.2, -0.15) is 0 Å². The van der Waals surface area contributed by atoms with Gasteiger partial charge in [-0.15, -0.1) is 0 Å². The van der Waals surface area contributed by atoms with Crippen molar-refractivity contribution in [2.75, 3.05) is 19.8 Å². The summed E-state index contributed by atoms with van der Waals surface area (Å²) in [5.74, 6) is 0.107. The minimum Gasteiger partial charge on any atom is -0.494 e. The fourth-order valence-electron chi connectivity index (χ4n) is 2.75. The van der Waals surface area contributed by atoms with E-state index in [1.165, 1.54) is 19.3 Å². The maximum Gasteiger partial charge on any atom is 0.300 e. The van der Waals surface area contributed by atoms with Crippen LogP contribution in [0.3, 0.4) is 0 Å². The Morgan fingerprint density at radius 1 is 1.04 bits per heavy atom. The Hall–Kier alpha value is -1.59. The molecule has 0 radical (unpaired) electrons. The zero-order chi connectivity index (χ0) is 16.7. The summed E-state index contributed by atoms with van der Waals surface area (Å²) >= 11 is 0. The number of benzene rings is 1. The average molecular weight is 320 g/mol. The molecular weight excluding hydrogens is 292 g/mol. The van der Waals surface area contributed by atoms with Gasteiger partial charge in [-0.25, -0.2) is 4.99 Å². The largest absolute Gasteiger partial charge is 0.494 e. The molecule has 0 atom stereocenters. The van der Waals surface area contributed by atoms with E-state index >= 15 is 0 Å². The Morgan fingerprint density at radius 3 is 2.43 bits per heavy atom. The normalized spacial score (nSPS) is 15.3. The zero-order valence-corrected chi connectivity index (χ0v) is 14.4. The van der Waals surface area contributed by atoms with E-state index in [1.807, 2.05) is 32.0 Å². The van der Waals surface area contributed by atoms with Crippen molar-refractivity contribution in [1.82, 2.24) is 0 Å². The third kappa shape index (κ3) is 4.03. The van der Waals surface area contributed by atoms with Crippen LogP contribution < -0.4 is 10.5 Å². The number of ether oxygens (including phenoxy) is 3. The molecule has 2 rings (SSSR count). The first kappa shape index (κ1) is 17.8. The second-order valence-corrected chi connectivity index (χ2v) is 5.56. The lowest BCUT2D eigenvalue weighted by molar-refractivity contribution is -0.234. The molecule has 0 aliphatic carbocycles. The Bertz CT molecular complexity index is 537. The molecule has 0 bridgehead atoms. The van der Waals surface area contributed by atoms with E-state index in [9.17, 15) is 0 Å². The van der Waals surface area contributed by atoms with Crippen molar-refractivity contribution in [1.29, 1.82) is 0 Å². The Balaban J connectivity index is 2.14. The van der Waals surface area contributed by atoms with Gasteiger partial charge >= 0.3 is 5.91 Å². The molecule has 128 valence electrons. The molecule has 1 aliphatic rings. The molecule has 0 unspecified atom stereocenters. The van der Waals surface area contributed by atoms with Crippen molar-refractivity contribution < 1.29 is 14.2 Å². The fourth-order valence-corrected chi connectivity index (χ4v) is 2.75. The van der Waals surface area contributed by atoms with Crippen LogP contribution in [0.25, 0.3) is 0 Å². The van der Waals surface area contributed by atoms with Gasteiger partial charge in [-0.3, -0.25) is 0 Å². The van der Waals surface area contributed by atoms with Gasteiger partial charge in [-0.05, 0) is 38.5 Å². The van der Waals surface area contributed by atoms with Crippen LogP contribution in [-0.4, -0.2) is 25.7 Å². The number of fused-ring (bicyclic) bond motifs is 1. The van der Waals surface area contributed by atoms with Gasteiger partial charge in [0.05, 0.1) is 12.2 Å². The summed E-state index contributed by atoms with van der Waals surface area (Å²) < 4.78 is 17.4. The van der Waals surface area contributed by atoms with Gasteiger partial charge < -0.3 is 19.9 Å². The van der Waals surface area contributed by atoms with Crippen LogP contribution in [0.2, 0.25) is 0 Å². The number of amidine groups is 1. The number of nitrogens with two attached hydrogens (primary N) is 1. The summed E-state index contributed by atoms with van der Waals surface area (Å²) in [4.78, 5) is 4.42. The molecule has 2 N–H and O–H groups in total. The first-order valence-electron chi connectivity index (χ1n) is 8.57. The Labute approximate surface area is 138 Å². The van der Waals surface area contributed by atoms with Gasteiger partial charge in [0, 0.05) is 18.8 Å². The van der Waals surface area contributed by atoms with Crippen LogP contribution in [0.5, 0.6) is 5.75 Å². The first-order chi connectivity index (χ1) is 11.2. The lowest BCUT2D eigenvalue weighted by Gasteiger charge is -2.26. The second kappa shape index (κ2) is 8.31. The predicted octanol–water partition coefficient (Wildman–Crippen LogP) is 3.55. The minimum atomic E-state index is -1.13. The first-order valence-corrected chi connectivity index (χ1v) is 8.57. The molecule has 5 nitrogen and oxygen atoms in total. The zero-order valence-electron chi connectivity index (χ0n) is 14.4. The quantitative estimate of drug-likeness (QED) is 0.529. The number of unbranched alkanes of at least 4 members (excludes halogenated alkanes) is 3. The maximum absolute atomic E-state index is 6.04. The van der Waals surface area contributed by atoms with Crippen LogP contribution >= 0.6 is 0 Å². The van der Waals surface area contributed by atoms with Crippen molar-refractivity contribution >= 4 is 5.84 Å². The summed E-state index contributed by atoms with van der Waals surface area (Å²) in [7, 11) is 0. The van der Waals surface area contributed by atoms with Crippen molar-refractivity contribution in [3.63, 3.8) is 0 Å². The fraction of sp³-hybridized carbons (Fsp3) is 0.611. The van der Waals surface area contributed by atoms with Crippen LogP contribution in [-0.2, 0) is 15.4 Å².